The maximum absolute atomic E-state index is 14.6. The molecule has 350 valence electrons. The number of hydrogen-bond acceptors (Lipinski definition) is 7. The third-order valence-electron chi connectivity index (χ3n) is 13.9. The summed E-state index contributed by atoms with van der Waals surface area (Å²) < 4.78 is 0. The maximum Gasteiger partial charge on any atom is 0.312 e. The largest absolute Gasteiger partial charge is 0.481 e. The van der Waals surface area contributed by atoms with Gasteiger partial charge in [0.1, 0.15) is 17.9 Å². The molecule has 0 heterocycles. The van der Waals surface area contributed by atoms with Crippen molar-refractivity contribution >= 4 is 41.2 Å². The van der Waals surface area contributed by atoms with Crippen LogP contribution in [0.5, 0.6) is 0 Å². The van der Waals surface area contributed by atoms with E-state index in [4.69, 9.17) is 0 Å². The molecule has 2 aliphatic carbocycles. The number of amides is 4. The monoisotopic (exact) mass is 859 g/mol. The SMILES string of the molecule is CC[C@@H](N(C)C(=O)[C@@H](NC(=O)[C@@H](CC(=O)[C@@H](NC(=O)[C@H](C(C)C)N(C)C(=O)[C@@H](CC1CCCCC1)C(C)C)C(C)(C)C)CC(=O)C(C)(C)C)C1(C(=O)O)CCCC1)C(C)(C)C. The zero-order chi connectivity index (χ0) is 47.0. The highest BCUT2D eigenvalue weighted by Gasteiger charge is 2.54. The van der Waals surface area contributed by atoms with Gasteiger partial charge in [0, 0.05) is 44.3 Å². The minimum Gasteiger partial charge on any atom is -0.481 e. The molecule has 0 bridgehead atoms. The molecule has 0 saturated heterocycles. The zero-order valence-electron chi connectivity index (χ0n) is 41.1. The average Bonchev–Trinajstić information content (AvgIpc) is 3.64. The van der Waals surface area contributed by atoms with Crippen LogP contribution in [-0.2, 0) is 33.6 Å². The first-order chi connectivity index (χ1) is 27.9. The first kappa shape index (κ1) is 53.8. The molecule has 0 aromatic rings. The second-order valence-electron chi connectivity index (χ2n) is 22.6. The van der Waals surface area contributed by atoms with Crippen LogP contribution in [0, 0.1) is 51.2 Å². The number of carboxylic acids is 1. The van der Waals surface area contributed by atoms with Crippen LogP contribution in [0.3, 0.4) is 0 Å². The van der Waals surface area contributed by atoms with E-state index in [-0.39, 0.29) is 60.2 Å². The van der Waals surface area contributed by atoms with Gasteiger partial charge < -0.3 is 25.5 Å². The molecule has 0 aromatic carbocycles. The molecule has 12 nitrogen and oxygen atoms in total. The van der Waals surface area contributed by atoms with Crippen LogP contribution < -0.4 is 10.6 Å². The lowest BCUT2D eigenvalue weighted by Gasteiger charge is -2.42. The number of aliphatic carboxylic acids is 1. The molecule has 4 amide bonds. The normalized spacial score (nSPS) is 19.3. The fourth-order valence-corrected chi connectivity index (χ4v) is 10.1. The molecule has 0 spiro atoms. The highest BCUT2D eigenvalue weighted by atomic mass is 16.4. The summed E-state index contributed by atoms with van der Waals surface area (Å²) in [6, 6.07) is -3.68. The van der Waals surface area contributed by atoms with Crippen molar-refractivity contribution in [2.24, 2.45) is 51.2 Å². The lowest BCUT2D eigenvalue weighted by molar-refractivity contribution is -0.158. The molecule has 2 fully saturated rings. The molecule has 6 atom stereocenters. The van der Waals surface area contributed by atoms with Gasteiger partial charge in [-0.1, -0.05) is 142 Å². The van der Waals surface area contributed by atoms with E-state index in [2.05, 4.69) is 10.6 Å². The van der Waals surface area contributed by atoms with E-state index in [1.54, 1.807) is 44.7 Å². The van der Waals surface area contributed by atoms with Crippen molar-refractivity contribution < 1.29 is 38.7 Å². The van der Waals surface area contributed by atoms with E-state index < -0.39 is 76.2 Å². The van der Waals surface area contributed by atoms with Crippen LogP contribution in [0.25, 0.3) is 0 Å². The molecule has 2 aliphatic rings. The number of carbonyl (C=O) groups is 7. The van der Waals surface area contributed by atoms with Crippen LogP contribution in [0.4, 0.5) is 0 Å². The molecule has 3 N–H and O–H groups in total. The van der Waals surface area contributed by atoms with Gasteiger partial charge in [0.25, 0.3) is 0 Å². The molecule has 0 aromatic heterocycles. The summed E-state index contributed by atoms with van der Waals surface area (Å²) in [6.07, 6.45) is 7.90. The number of Topliss-reactive ketones (excluding diaryl/α,β-unsaturated/α-hetero) is 2. The van der Waals surface area contributed by atoms with Gasteiger partial charge in [0.05, 0.1) is 17.4 Å². The Morgan fingerprint density at radius 2 is 1.23 bits per heavy atom. The van der Waals surface area contributed by atoms with Gasteiger partial charge in [0.2, 0.25) is 23.6 Å². The number of rotatable bonds is 20. The van der Waals surface area contributed by atoms with E-state index in [1.165, 1.54) is 19.3 Å². The van der Waals surface area contributed by atoms with E-state index in [0.717, 1.165) is 19.3 Å². The first-order valence-electron chi connectivity index (χ1n) is 23.4. The van der Waals surface area contributed by atoms with Crippen molar-refractivity contribution in [3.63, 3.8) is 0 Å². The third-order valence-corrected chi connectivity index (χ3v) is 13.9. The fourth-order valence-electron chi connectivity index (χ4n) is 10.1. The summed E-state index contributed by atoms with van der Waals surface area (Å²) in [7, 11) is 3.31. The molecule has 0 radical (unpaired) electrons. The number of carbonyl (C=O) groups excluding carboxylic acids is 6. The number of likely N-dealkylation sites (N-methyl/N-ethyl adjacent to an activating group) is 2. The maximum atomic E-state index is 14.6. The third kappa shape index (κ3) is 14.1. The van der Waals surface area contributed by atoms with E-state index in [0.29, 0.717) is 25.2 Å². The second kappa shape index (κ2) is 21.9. The lowest BCUT2D eigenvalue weighted by atomic mass is 9.75. The summed E-state index contributed by atoms with van der Waals surface area (Å²) in [5, 5.41) is 16.5. The first-order valence-corrected chi connectivity index (χ1v) is 23.4. The van der Waals surface area contributed by atoms with Crippen LogP contribution in [-0.4, -0.2) is 94.3 Å². The fraction of sp³-hybridized carbons (Fsp3) is 0.857. The van der Waals surface area contributed by atoms with Gasteiger partial charge in [0.15, 0.2) is 5.78 Å². The Balaban J connectivity index is 2.55. The van der Waals surface area contributed by atoms with E-state index >= 15 is 0 Å². The number of nitrogens with zero attached hydrogens (tertiary/aromatic N) is 2. The van der Waals surface area contributed by atoms with E-state index in [9.17, 15) is 38.7 Å². The highest BCUT2D eigenvalue weighted by Crippen LogP contribution is 2.43. The van der Waals surface area contributed by atoms with Gasteiger partial charge in [-0.25, -0.2) is 0 Å². The molecular formula is C49H86N4O8. The van der Waals surface area contributed by atoms with Gasteiger partial charge in [-0.3, -0.25) is 33.6 Å². The second-order valence-corrected chi connectivity index (χ2v) is 22.6. The lowest BCUT2D eigenvalue weighted by Crippen LogP contribution is -2.62. The number of hydrogen-bond donors (Lipinski definition) is 3. The topological polar surface area (TPSA) is 170 Å². The summed E-state index contributed by atoms with van der Waals surface area (Å²) in [5.41, 5.74) is -3.62. The zero-order valence-corrected chi connectivity index (χ0v) is 41.1. The highest BCUT2D eigenvalue weighted by molar-refractivity contribution is 5.99. The van der Waals surface area contributed by atoms with E-state index in [1.807, 2.05) is 76.2 Å². The van der Waals surface area contributed by atoms with Crippen molar-refractivity contribution in [3.8, 4) is 0 Å². The Kier molecular flexibility index (Phi) is 19.3. The standard InChI is InChI=1S/C49H86N4O8/c1-17-36(46(6,7)8)52(15)44(59)40(49(45(60)61)25-21-22-26-49)51-41(56)33(29-37(55)47(9,10)11)28-35(54)39(48(12,13)14)50-42(57)38(31(4)5)53(16)43(58)34(30(2)3)27-32-23-19-18-20-24-32/h30-34,36,38-40H,17-29H2,1-16H3,(H,50,57)(H,51,56)(H,60,61)/t33-,34-,36+,38-,39+,40+/m0/s1. The minimum atomic E-state index is -1.57. The smallest absolute Gasteiger partial charge is 0.312 e. The van der Waals surface area contributed by atoms with Crippen LogP contribution >= 0.6 is 0 Å². The van der Waals surface area contributed by atoms with Crippen molar-refractivity contribution in [1.29, 1.82) is 0 Å². The molecule has 61 heavy (non-hydrogen) atoms. The number of nitrogens with one attached hydrogen (secondary N) is 2. The minimum absolute atomic E-state index is 0.0800. The van der Waals surface area contributed by atoms with Crippen LogP contribution in [0.2, 0.25) is 0 Å². The molecule has 12 heteroatoms. The van der Waals surface area contributed by atoms with Gasteiger partial charge in [-0.2, -0.15) is 0 Å². The van der Waals surface area contributed by atoms with Crippen molar-refractivity contribution in [2.45, 2.75) is 205 Å². The Bertz CT molecular complexity index is 1540. The van der Waals surface area contributed by atoms with Crippen molar-refractivity contribution in [2.75, 3.05) is 14.1 Å². The van der Waals surface area contributed by atoms with Crippen molar-refractivity contribution in [1.82, 2.24) is 20.4 Å². The van der Waals surface area contributed by atoms with Crippen molar-refractivity contribution in [3.05, 3.63) is 0 Å². The molecule has 2 rings (SSSR count). The summed E-state index contributed by atoms with van der Waals surface area (Å²) in [5.74, 6) is -5.02. The quantitative estimate of drug-likeness (QED) is 0.110. The Hall–Kier alpha value is -3.31. The number of ketones is 2. The molecule has 0 aliphatic heterocycles. The van der Waals surface area contributed by atoms with Gasteiger partial charge in [-0.05, 0) is 54.3 Å². The summed E-state index contributed by atoms with van der Waals surface area (Å²) >= 11 is 0. The summed E-state index contributed by atoms with van der Waals surface area (Å²) in [4.78, 5) is 102. The summed E-state index contributed by atoms with van der Waals surface area (Å²) in [6.45, 7) is 26.4. The van der Waals surface area contributed by atoms with Gasteiger partial charge in [-0.15, -0.1) is 0 Å². The molecule has 2 saturated carbocycles. The average molecular weight is 859 g/mol. The molecular weight excluding hydrogens is 773 g/mol. The Morgan fingerprint density at radius 3 is 1.66 bits per heavy atom. The Morgan fingerprint density at radius 1 is 0.689 bits per heavy atom. The predicted octanol–water partition coefficient (Wildman–Crippen LogP) is 8.24. The number of carboxylic acid groups (broad SMARTS) is 1. The molecule has 0 unspecified atom stereocenters. The van der Waals surface area contributed by atoms with Gasteiger partial charge >= 0.3 is 5.97 Å². The van der Waals surface area contributed by atoms with Crippen LogP contribution in [0.15, 0.2) is 0 Å². The Labute approximate surface area is 369 Å². The van der Waals surface area contributed by atoms with Crippen LogP contribution in [0.1, 0.15) is 180 Å². The predicted molar refractivity (Wildman–Crippen MR) is 241 cm³/mol.